The average molecular weight is 1120 g/mol. The first-order valence-electron chi connectivity index (χ1n) is 23.5. The van der Waals surface area contributed by atoms with Crippen LogP contribution in [0.2, 0.25) is 0 Å². The lowest BCUT2D eigenvalue weighted by Crippen LogP contribution is -2.62. The maximum Gasteiger partial charge on any atom is 0.407 e. The third-order valence-electron chi connectivity index (χ3n) is 12.7. The molecule has 1 aliphatic rings. The summed E-state index contributed by atoms with van der Waals surface area (Å²) in [6.07, 6.45) is -12.4. The van der Waals surface area contributed by atoms with Crippen molar-refractivity contribution in [2.24, 2.45) is 10.8 Å². The number of ether oxygens (including phenoxy) is 2. The minimum absolute atomic E-state index is 0.0702. The standard InChI is InChI=1S/C49H55F10N11O8/c1-46(2,48(54,55)56)38(65-44(75)77-5)40(73)63-26-68(16-13-31-32(50)20-30(21-33(31)51)34-14-17-70(67-34)42(52)53)24-36(71)35(64-41(74)39(66-45(76)78-6)47(3,4)49(57,58)59)19-28-10-7-27(8-11-28)9-12-29-22-61-43(62-23-29)69-18-15-60-37(72)25-69/h7-8,10-11,14,17,20-23,35-36,38-39,42,71H,13,15-16,18-19,24-26H2,1-6H3,(H,60,72)(H,63,73)(H,64,74)(H,65,75)(H,66,76)/t35-,36-,38+,39+/m0/s1. The summed E-state index contributed by atoms with van der Waals surface area (Å²) >= 11 is 0. The van der Waals surface area contributed by atoms with Crippen molar-refractivity contribution in [2.75, 3.05) is 58.5 Å². The number of alkyl halides is 8. The Bertz CT molecular complexity index is 2800. The molecule has 2 aromatic heterocycles. The Morgan fingerprint density at radius 3 is 1.88 bits per heavy atom. The van der Waals surface area contributed by atoms with Crippen LogP contribution < -0.4 is 31.5 Å². The van der Waals surface area contributed by atoms with Crippen LogP contribution in [0, 0.1) is 34.3 Å². The lowest BCUT2D eigenvalue weighted by atomic mass is 9.82. The van der Waals surface area contributed by atoms with Gasteiger partial charge in [-0.3, -0.25) is 19.3 Å². The smallest absolute Gasteiger partial charge is 0.407 e. The molecule has 0 unspecified atom stereocenters. The first kappa shape index (κ1) is 61.1. The summed E-state index contributed by atoms with van der Waals surface area (Å²) in [5.41, 5.74) is -5.97. The molecule has 1 fully saturated rings. The van der Waals surface area contributed by atoms with E-state index in [0.29, 0.717) is 63.4 Å². The fraction of sp³-hybridized carbons (Fsp3) is 0.469. The molecule has 5 rings (SSSR count). The van der Waals surface area contributed by atoms with Crippen LogP contribution in [0.5, 0.6) is 0 Å². The number of benzene rings is 2. The van der Waals surface area contributed by atoms with E-state index in [2.05, 4.69) is 52.3 Å². The molecule has 4 aromatic rings. The van der Waals surface area contributed by atoms with Gasteiger partial charge in [0.25, 0.3) is 0 Å². The van der Waals surface area contributed by atoms with Crippen LogP contribution in [0.25, 0.3) is 11.3 Å². The molecule has 424 valence electrons. The highest BCUT2D eigenvalue weighted by atomic mass is 19.4. The highest BCUT2D eigenvalue weighted by Crippen LogP contribution is 2.42. The lowest BCUT2D eigenvalue weighted by Gasteiger charge is -2.37. The van der Waals surface area contributed by atoms with E-state index in [4.69, 9.17) is 0 Å². The van der Waals surface area contributed by atoms with Gasteiger partial charge in [0.05, 0.1) is 61.7 Å². The topological polar surface area (TPSA) is 234 Å². The predicted octanol–water partition coefficient (Wildman–Crippen LogP) is 4.98. The van der Waals surface area contributed by atoms with Crippen LogP contribution in [-0.4, -0.2) is 150 Å². The van der Waals surface area contributed by atoms with Crippen LogP contribution in [-0.2, 0) is 36.7 Å². The molecule has 4 atom stereocenters. The predicted molar refractivity (Wildman–Crippen MR) is 257 cm³/mol. The minimum atomic E-state index is -5.15. The van der Waals surface area contributed by atoms with Crippen molar-refractivity contribution in [1.29, 1.82) is 0 Å². The van der Waals surface area contributed by atoms with E-state index in [1.807, 2.05) is 10.6 Å². The number of amides is 5. The molecule has 0 radical (unpaired) electrons. The summed E-state index contributed by atoms with van der Waals surface area (Å²) in [5, 5.41) is 26.5. The van der Waals surface area contributed by atoms with Gasteiger partial charge in [-0.25, -0.2) is 33.0 Å². The van der Waals surface area contributed by atoms with Gasteiger partial charge < -0.3 is 46.1 Å². The van der Waals surface area contributed by atoms with Gasteiger partial charge in [0.15, 0.2) is 0 Å². The van der Waals surface area contributed by atoms with Crippen LogP contribution in [0.3, 0.4) is 0 Å². The highest BCUT2D eigenvalue weighted by molar-refractivity contribution is 5.87. The second kappa shape index (κ2) is 25.6. The zero-order valence-corrected chi connectivity index (χ0v) is 42.6. The largest absolute Gasteiger partial charge is 0.453 e. The number of aliphatic hydroxyl groups excluding tert-OH is 1. The van der Waals surface area contributed by atoms with E-state index in [-0.39, 0.29) is 28.4 Å². The van der Waals surface area contributed by atoms with Crippen molar-refractivity contribution in [3.05, 3.63) is 94.9 Å². The number of aromatic nitrogens is 4. The molecule has 0 bridgehead atoms. The number of nitrogens with zero attached hydrogens (tertiary/aromatic N) is 6. The maximum atomic E-state index is 15.7. The number of aliphatic hydroxyl groups is 1. The Hall–Kier alpha value is -7.74. The number of alkyl carbamates (subject to hydrolysis) is 2. The number of hydrogen-bond acceptors (Lipinski definition) is 13. The fourth-order valence-corrected chi connectivity index (χ4v) is 7.64. The number of carbonyl (C=O) groups is 5. The van der Waals surface area contributed by atoms with Crippen molar-refractivity contribution in [2.45, 2.75) is 83.7 Å². The summed E-state index contributed by atoms with van der Waals surface area (Å²) in [4.78, 5) is 75.3. The monoisotopic (exact) mass is 1120 g/mol. The van der Waals surface area contributed by atoms with E-state index >= 15 is 8.78 Å². The Morgan fingerprint density at radius 2 is 1.37 bits per heavy atom. The van der Waals surface area contributed by atoms with Crippen molar-refractivity contribution in [3.8, 4) is 23.1 Å². The summed E-state index contributed by atoms with van der Waals surface area (Å²) in [7, 11) is 1.65. The Kier molecular flexibility index (Phi) is 20.1. The summed E-state index contributed by atoms with van der Waals surface area (Å²) in [5.74, 6) is 0.517. The van der Waals surface area contributed by atoms with Gasteiger partial charge in [0.2, 0.25) is 23.7 Å². The zero-order valence-electron chi connectivity index (χ0n) is 42.6. The minimum Gasteiger partial charge on any atom is -0.453 e. The van der Waals surface area contributed by atoms with Crippen molar-refractivity contribution in [3.63, 3.8) is 0 Å². The normalized spacial score (nSPS) is 14.8. The Labute approximate surface area is 439 Å². The van der Waals surface area contributed by atoms with Gasteiger partial charge in [-0.15, -0.1) is 0 Å². The molecule has 19 nitrogen and oxygen atoms in total. The lowest BCUT2D eigenvalue weighted by molar-refractivity contribution is -0.220. The quantitative estimate of drug-likeness (QED) is 0.0390. The second-order valence-corrected chi connectivity index (χ2v) is 18.9. The molecular formula is C49H55F10N11O8. The first-order valence-corrected chi connectivity index (χ1v) is 23.5. The Balaban J connectivity index is 1.49. The van der Waals surface area contributed by atoms with Gasteiger partial charge >= 0.3 is 31.1 Å². The number of piperazine rings is 1. The highest BCUT2D eigenvalue weighted by Gasteiger charge is 2.57. The van der Waals surface area contributed by atoms with Crippen molar-refractivity contribution < 1.29 is 82.5 Å². The van der Waals surface area contributed by atoms with Crippen LogP contribution >= 0.6 is 0 Å². The molecule has 0 aliphatic carbocycles. The molecule has 0 spiro atoms. The SMILES string of the molecule is COC(=O)N[C@H](C(=O)NCN(CCc1c(F)cc(-c2ccn(C(F)F)n2)cc1F)C[C@H](O)[C@H](Cc1ccc(C#Cc2cnc(N3CCNC(=O)C3)nc2)cc1)NC(=O)[C@@H](NC(=O)OC)C(C)(C)C(F)(F)F)C(C)(C)C(F)(F)F. The van der Waals surface area contributed by atoms with Crippen molar-refractivity contribution in [1.82, 2.24) is 51.2 Å². The molecule has 5 amide bonds. The first-order chi connectivity index (χ1) is 36.4. The van der Waals surface area contributed by atoms with E-state index in [1.54, 1.807) is 4.90 Å². The fourth-order valence-electron chi connectivity index (χ4n) is 7.64. The van der Waals surface area contributed by atoms with Gasteiger partial charge in [-0.2, -0.15) is 40.2 Å². The molecule has 1 saturated heterocycles. The molecule has 0 saturated carbocycles. The van der Waals surface area contributed by atoms with E-state index < -0.39 is 128 Å². The third-order valence-corrected chi connectivity index (χ3v) is 12.7. The second-order valence-electron chi connectivity index (χ2n) is 18.9. The number of carbonyl (C=O) groups excluding carboxylic acids is 5. The van der Waals surface area contributed by atoms with Crippen LogP contribution in [0.15, 0.2) is 61.1 Å². The van der Waals surface area contributed by atoms with E-state index in [9.17, 15) is 64.2 Å². The molecular weight excluding hydrogens is 1060 g/mol. The van der Waals surface area contributed by atoms with Gasteiger partial charge in [-0.05, 0) is 76.4 Å². The van der Waals surface area contributed by atoms with Crippen LogP contribution in [0.1, 0.15) is 56.5 Å². The number of nitrogens with one attached hydrogen (secondary N) is 5. The molecule has 6 N–H and O–H groups in total. The number of halogens is 10. The van der Waals surface area contributed by atoms with E-state index in [1.165, 1.54) is 36.7 Å². The number of anilines is 1. The average Bonchev–Trinajstić information content (AvgIpc) is 3.94. The summed E-state index contributed by atoms with van der Waals surface area (Å²) < 4.78 is 153. The van der Waals surface area contributed by atoms with Crippen molar-refractivity contribution >= 4 is 35.9 Å². The zero-order chi connectivity index (χ0) is 57.9. The number of methoxy groups -OCH3 is 2. The molecule has 2 aromatic carbocycles. The van der Waals surface area contributed by atoms with Gasteiger partial charge in [0.1, 0.15) is 23.7 Å². The molecule has 78 heavy (non-hydrogen) atoms. The van der Waals surface area contributed by atoms with Gasteiger partial charge in [0, 0.05) is 61.5 Å². The third kappa shape index (κ3) is 15.7. The summed E-state index contributed by atoms with van der Waals surface area (Å²) in [6.45, 7) is -1.88. The summed E-state index contributed by atoms with van der Waals surface area (Å²) in [6, 6.07) is 2.22. The van der Waals surface area contributed by atoms with Crippen LogP contribution in [0.4, 0.5) is 59.4 Å². The van der Waals surface area contributed by atoms with Gasteiger partial charge in [-0.1, -0.05) is 24.0 Å². The molecule has 1 aliphatic heterocycles. The Morgan fingerprint density at radius 1 is 0.821 bits per heavy atom. The maximum absolute atomic E-state index is 15.7. The number of hydrogen-bond donors (Lipinski definition) is 6. The molecule has 29 heteroatoms. The molecule has 3 heterocycles. The number of rotatable bonds is 20. The van der Waals surface area contributed by atoms with E-state index in [0.717, 1.165) is 43.5 Å².